The maximum atomic E-state index is 14.2. The second-order valence-corrected chi connectivity index (χ2v) is 6.59. The van der Waals surface area contributed by atoms with Crippen LogP contribution in [0.15, 0.2) is 48.5 Å². The first-order valence-electron chi connectivity index (χ1n) is 6.52. The van der Waals surface area contributed by atoms with Crippen LogP contribution in [0.1, 0.15) is 0 Å². The van der Waals surface area contributed by atoms with E-state index in [0.29, 0.717) is 36.9 Å². The Morgan fingerprint density at radius 1 is 0.652 bits per heavy atom. The highest BCUT2D eigenvalue weighted by Crippen LogP contribution is 2.31. The van der Waals surface area contributed by atoms with Crippen LogP contribution in [-0.2, 0) is 0 Å². The molecule has 23 heavy (non-hydrogen) atoms. The second-order valence-electron chi connectivity index (χ2n) is 4.84. The molecule has 2 aromatic carbocycles. The number of hydrogen-bond acceptors (Lipinski definition) is 1. The molecule has 0 bridgehead atoms. The molecule has 0 saturated carbocycles. The van der Waals surface area contributed by atoms with E-state index in [-0.39, 0.29) is 5.69 Å². The van der Waals surface area contributed by atoms with Crippen LogP contribution in [0.3, 0.4) is 0 Å². The summed E-state index contributed by atoms with van der Waals surface area (Å²) in [4.78, 5) is 4.37. The van der Waals surface area contributed by atoms with E-state index >= 15 is 0 Å². The summed E-state index contributed by atoms with van der Waals surface area (Å²) in [5.41, 5.74) is 1.89. The Morgan fingerprint density at radius 3 is 1.65 bits per heavy atom. The van der Waals surface area contributed by atoms with Gasteiger partial charge in [-0.15, -0.1) is 0 Å². The van der Waals surface area contributed by atoms with Crippen LogP contribution in [-0.4, -0.2) is 4.98 Å². The molecule has 0 radical (unpaired) electrons. The largest absolute Gasteiger partial charge is 0.245 e. The first kappa shape index (κ1) is 16.5. The molecule has 0 spiro atoms. The summed E-state index contributed by atoms with van der Waals surface area (Å²) < 4.78 is 14.2. The predicted molar refractivity (Wildman–Crippen MR) is 95.1 cm³/mol. The fourth-order valence-corrected chi connectivity index (χ4v) is 3.25. The standard InChI is InChI=1S/C17H8Cl4FN/c18-11-3-9(4-12(19)7-11)16-2-1-15(22)17(23-16)10-5-13(20)8-14(21)6-10/h1-8H. The zero-order valence-electron chi connectivity index (χ0n) is 11.5. The van der Waals surface area contributed by atoms with Crippen molar-refractivity contribution >= 4 is 46.4 Å². The van der Waals surface area contributed by atoms with Crippen molar-refractivity contribution in [2.75, 3.05) is 0 Å². The van der Waals surface area contributed by atoms with Crippen LogP contribution in [0.2, 0.25) is 20.1 Å². The van der Waals surface area contributed by atoms with E-state index in [1.54, 1.807) is 42.5 Å². The third-order valence-corrected chi connectivity index (χ3v) is 4.01. The SMILES string of the molecule is Fc1ccc(-c2cc(Cl)cc(Cl)c2)nc1-c1cc(Cl)cc(Cl)c1. The van der Waals surface area contributed by atoms with E-state index in [2.05, 4.69) is 4.98 Å². The highest BCUT2D eigenvalue weighted by Gasteiger charge is 2.12. The van der Waals surface area contributed by atoms with Gasteiger partial charge in [0.1, 0.15) is 11.5 Å². The molecule has 3 rings (SSSR count). The van der Waals surface area contributed by atoms with Gasteiger partial charge in [-0.3, -0.25) is 0 Å². The molecule has 0 unspecified atom stereocenters. The molecular weight excluding hydrogens is 379 g/mol. The monoisotopic (exact) mass is 385 g/mol. The fraction of sp³-hybridized carbons (Fsp3) is 0. The first-order chi connectivity index (χ1) is 10.9. The van der Waals surface area contributed by atoms with Gasteiger partial charge >= 0.3 is 0 Å². The molecule has 0 aliphatic rings. The fourth-order valence-electron chi connectivity index (χ4n) is 2.20. The van der Waals surface area contributed by atoms with Crippen LogP contribution >= 0.6 is 46.4 Å². The number of pyridine rings is 1. The average molecular weight is 387 g/mol. The minimum absolute atomic E-state index is 0.156. The van der Waals surface area contributed by atoms with Crippen LogP contribution in [0.25, 0.3) is 22.5 Å². The molecular formula is C17H8Cl4FN. The zero-order chi connectivity index (χ0) is 16.6. The Labute approximate surface area is 152 Å². The van der Waals surface area contributed by atoms with E-state index in [0.717, 1.165) is 0 Å². The van der Waals surface area contributed by atoms with Crippen molar-refractivity contribution in [1.82, 2.24) is 4.98 Å². The molecule has 1 nitrogen and oxygen atoms in total. The Hall–Kier alpha value is -1.32. The van der Waals surface area contributed by atoms with Crippen LogP contribution in [0.4, 0.5) is 4.39 Å². The van der Waals surface area contributed by atoms with Crippen LogP contribution < -0.4 is 0 Å². The molecule has 1 heterocycles. The predicted octanol–water partition coefficient (Wildman–Crippen LogP) is 7.17. The molecule has 0 aliphatic heterocycles. The molecule has 1 aromatic heterocycles. The lowest BCUT2D eigenvalue weighted by atomic mass is 10.1. The number of hydrogen-bond donors (Lipinski definition) is 0. The minimum Gasteiger partial charge on any atom is -0.245 e. The maximum absolute atomic E-state index is 14.2. The van der Waals surface area contributed by atoms with E-state index in [9.17, 15) is 4.39 Å². The summed E-state index contributed by atoms with van der Waals surface area (Å²) in [7, 11) is 0. The summed E-state index contributed by atoms with van der Waals surface area (Å²) >= 11 is 24.0. The molecule has 3 aromatic rings. The quantitative estimate of drug-likeness (QED) is 0.454. The van der Waals surface area contributed by atoms with Crippen molar-refractivity contribution in [3.8, 4) is 22.5 Å². The van der Waals surface area contributed by atoms with Gasteiger partial charge in [0.2, 0.25) is 0 Å². The Bertz CT molecular complexity index is 855. The van der Waals surface area contributed by atoms with Gasteiger partial charge in [0, 0.05) is 31.2 Å². The topological polar surface area (TPSA) is 12.9 Å². The van der Waals surface area contributed by atoms with Crippen molar-refractivity contribution < 1.29 is 4.39 Å². The number of benzene rings is 2. The molecule has 0 N–H and O–H groups in total. The summed E-state index contributed by atoms with van der Waals surface area (Å²) in [6.07, 6.45) is 0. The van der Waals surface area contributed by atoms with Gasteiger partial charge in [0.05, 0.1) is 5.69 Å². The summed E-state index contributed by atoms with van der Waals surface area (Å²) in [5.74, 6) is -0.472. The number of halogens is 5. The summed E-state index contributed by atoms with van der Waals surface area (Å²) in [5, 5.41) is 1.77. The maximum Gasteiger partial charge on any atom is 0.149 e. The molecule has 0 saturated heterocycles. The lowest BCUT2D eigenvalue weighted by molar-refractivity contribution is 0.626. The zero-order valence-corrected chi connectivity index (χ0v) is 14.5. The van der Waals surface area contributed by atoms with Crippen molar-refractivity contribution in [3.05, 3.63) is 74.4 Å². The molecule has 0 atom stereocenters. The Kier molecular flexibility index (Phi) is 4.79. The van der Waals surface area contributed by atoms with Gasteiger partial charge in [-0.05, 0) is 48.5 Å². The number of nitrogens with zero attached hydrogens (tertiary/aromatic N) is 1. The van der Waals surface area contributed by atoms with Crippen LogP contribution in [0.5, 0.6) is 0 Å². The van der Waals surface area contributed by atoms with Gasteiger partial charge < -0.3 is 0 Å². The van der Waals surface area contributed by atoms with E-state index in [4.69, 9.17) is 46.4 Å². The van der Waals surface area contributed by atoms with Gasteiger partial charge in [0.25, 0.3) is 0 Å². The molecule has 0 fully saturated rings. The molecule has 0 aliphatic carbocycles. The lowest BCUT2D eigenvalue weighted by Gasteiger charge is -2.08. The highest BCUT2D eigenvalue weighted by atomic mass is 35.5. The van der Waals surface area contributed by atoms with E-state index < -0.39 is 5.82 Å². The number of rotatable bonds is 2. The molecule has 0 amide bonds. The van der Waals surface area contributed by atoms with E-state index in [1.807, 2.05) is 0 Å². The first-order valence-corrected chi connectivity index (χ1v) is 8.03. The van der Waals surface area contributed by atoms with Gasteiger partial charge in [0.15, 0.2) is 0 Å². The lowest BCUT2D eigenvalue weighted by Crippen LogP contribution is -1.93. The van der Waals surface area contributed by atoms with Crippen LogP contribution in [0, 0.1) is 5.82 Å². The summed E-state index contributed by atoms with van der Waals surface area (Å²) in [6.45, 7) is 0. The minimum atomic E-state index is -0.472. The molecule has 6 heteroatoms. The van der Waals surface area contributed by atoms with Gasteiger partial charge in [-0.25, -0.2) is 9.37 Å². The van der Waals surface area contributed by atoms with Crippen molar-refractivity contribution in [2.45, 2.75) is 0 Å². The van der Waals surface area contributed by atoms with Crippen molar-refractivity contribution in [1.29, 1.82) is 0 Å². The Balaban J connectivity index is 2.16. The third-order valence-electron chi connectivity index (χ3n) is 3.14. The number of aromatic nitrogens is 1. The third kappa shape index (κ3) is 3.78. The normalized spacial score (nSPS) is 10.8. The second kappa shape index (κ2) is 6.66. The average Bonchev–Trinajstić information content (AvgIpc) is 2.45. The van der Waals surface area contributed by atoms with E-state index in [1.165, 1.54) is 6.07 Å². The Morgan fingerprint density at radius 2 is 1.13 bits per heavy atom. The summed E-state index contributed by atoms with van der Waals surface area (Å²) in [6, 6.07) is 12.7. The smallest absolute Gasteiger partial charge is 0.149 e. The van der Waals surface area contributed by atoms with Crippen molar-refractivity contribution in [3.63, 3.8) is 0 Å². The highest BCUT2D eigenvalue weighted by molar-refractivity contribution is 6.35. The molecule has 116 valence electrons. The van der Waals surface area contributed by atoms with Gasteiger partial charge in [-0.2, -0.15) is 0 Å². The van der Waals surface area contributed by atoms with Crippen molar-refractivity contribution in [2.24, 2.45) is 0 Å². The van der Waals surface area contributed by atoms with Gasteiger partial charge in [-0.1, -0.05) is 46.4 Å².